The molecule has 2 aromatic heterocycles. The first-order valence-corrected chi connectivity index (χ1v) is 10.6. The molecule has 0 spiro atoms. The van der Waals surface area contributed by atoms with Crippen LogP contribution in [0, 0.1) is 0 Å². The standard InChI is InChI=1S/C20H20ClF3N4O3/c21-16-15(18(29)26-5-3-13(4-6-26)27-7-8-31-19(27)30)25-17-14(20(22,23)24)9-12(10-28(16)17)11-1-2-11/h9-11,13H,1-8H2. The van der Waals surface area contributed by atoms with Crippen LogP contribution in [0.2, 0.25) is 5.15 Å². The van der Waals surface area contributed by atoms with Crippen LogP contribution in [-0.2, 0) is 10.9 Å². The first kappa shape index (κ1) is 20.4. The molecule has 31 heavy (non-hydrogen) atoms. The van der Waals surface area contributed by atoms with Gasteiger partial charge in [0, 0.05) is 25.3 Å². The topological polar surface area (TPSA) is 67.2 Å². The Bertz CT molecular complexity index is 1060. The maximum absolute atomic E-state index is 13.7. The Labute approximate surface area is 180 Å². The minimum Gasteiger partial charge on any atom is -0.448 e. The molecule has 11 heteroatoms. The number of hydrogen-bond acceptors (Lipinski definition) is 4. The number of imidazole rings is 1. The molecular weight excluding hydrogens is 437 g/mol. The maximum atomic E-state index is 13.7. The molecule has 0 aromatic carbocycles. The third-order valence-corrected chi connectivity index (χ3v) is 6.59. The van der Waals surface area contributed by atoms with Crippen molar-refractivity contribution in [2.45, 2.75) is 43.8 Å². The van der Waals surface area contributed by atoms with Crippen LogP contribution in [-0.4, -0.2) is 63.5 Å². The highest BCUT2D eigenvalue weighted by atomic mass is 35.5. The van der Waals surface area contributed by atoms with Gasteiger partial charge in [-0.2, -0.15) is 13.2 Å². The number of halogens is 4. The van der Waals surface area contributed by atoms with Gasteiger partial charge in [0.2, 0.25) is 0 Å². The summed E-state index contributed by atoms with van der Waals surface area (Å²) in [7, 11) is 0. The second-order valence-corrected chi connectivity index (χ2v) is 8.59. The Morgan fingerprint density at radius 3 is 2.45 bits per heavy atom. The number of hydrogen-bond donors (Lipinski definition) is 0. The molecule has 3 fully saturated rings. The van der Waals surface area contributed by atoms with Gasteiger partial charge < -0.3 is 14.5 Å². The van der Waals surface area contributed by atoms with Gasteiger partial charge in [0.1, 0.15) is 11.8 Å². The quantitative estimate of drug-likeness (QED) is 0.701. The lowest BCUT2D eigenvalue weighted by atomic mass is 10.0. The fraction of sp³-hybridized carbons (Fsp3) is 0.550. The SMILES string of the molecule is O=C(c1nc2c(C(F)(F)F)cc(C3CC3)cn2c1Cl)N1CCC(N2CCOC2=O)CC1. The van der Waals surface area contributed by atoms with Crippen LogP contribution >= 0.6 is 11.6 Å². The van der Waals surface area contributed by atoms with Crippen LogP contribution in [0.5, 0.6) is 0 Å². The van der Waals surface area contributed by atoms with Crippen LogP contribution in [0.4, 0.5) is 18.0 Å². The second kappa shape index (κ2) is 7.29. The van der Waals surface area contributed by atoms with Gasteiger partial charge in [-0.25, -0.2) is 9.78 Å². The summed E-state index contributed by atoms with van der Waals surface area (Å²) < 4.78 is 47.1. The summed E-state index contributed by atoms with van der Waals surface area (Å²) in [6.45, 7) is 1.60. The summed E-state index contributed by atoms with van der Waals surface area (Å²) in [5.74, 6) is -0.420. The van der Waals surface area contributed by atoms with Crippen molar-refractivity contribution < 1.29 is 27.5 Å². The summed E-state index contributed by atoms with van der Waals surface area (Å²) in [6, 6.07) is 1.10. The number of rotatable bonds is 3. The summed E-state index contributed by atoms with van der Waals surface area (Å²) in [6.07, 6.45) is -0.611. The van der Waals surface area contributed by atoms with E-state index in [1.54, 1.807) is 11.1 Å². The third kappa shape index (κ3) is 3.60. The Hall–Kier alpha value is -2.49. The molecule has 166 valence electrons. The molecule has 2 amide bonds. The molecule has 2 aliphatic heterocycles. The predicted molar refractivity (Wildman–Crippen MR) is 104 cm³/mol. The van der Waals surface area contributed by atoms with Crippen molar-refractivity contribution in [3.8, 4) is 0 Å². The smallest absolute Gasteiger partial charge is 0.419 e. The number of aromatic nitrogens is 2. The molecule has 0 atom stereocenters. The van der Waals surface area contributed by atoms with E-state index in [0.717, 1.165) is 18.9 Å². The van der Waals surface area contributed by atoms with Crippen molar-refractivity contribution in [3.05, 3.63) is 34.2 Å². The van der Waals surface area contributed by atoms with Gasteiger partial charge in [0.15, 0.2) is 11.3 Å². The van der Waals surface area contributed by atoms with Gasteiger partial charge in [-0.3, -0.25) is 9.20 Å². The summed E-state index contributed by atoms with van der Waals surface area (Å²) >= 11 is 6.36. The predicted octanol–water partition coefficient (Wildman–Crippen LogP) is 3.94. The largest absolute Gasteiger partial charge is 0.448 e. The number of likely N-dealkylation sites (tertiary alicyclic amines) is 1. The average Bonchev–Trinajstić information content (AvgIpc) is 3.42. The Morgan fingerprint density at radius 1 is 1.16 bits per heavy atom. The first-order valence-electron chi connectivity index (χ1n) is 10.3. The minimum atomic E-state index is -4.61. The molecule has 3 aliphatic rings. The van der Waals surface area contributed by atoms with E-state index in [-0.39, 0.29) is 34.5 Å². The normalized spacial score (nSPS) is 20.6. The van der Waals surface area contributed by atoms with Crippen LogP contribution < -0.4 is 0 Å². The van der Waals surface area contributed by atoms with Crippen LogP contribution in [0.3, 0.4) is 0 Å². The number of carbonyl (C=O) groups is 2. The number of nitrogens with zero attached hydrogens (tertiary/aromatic N) is 4. The van der Waals surface area contributed by atoms with Crippen LogP contribution in [0.1, 0.15) is 53.2 Å². The molecule has 1 saturated carbocycles. The minimum absolute atomic E-state index is 0.0199. The highest BCUT2D eigenvalue weighted by Crippen LogP contribution is 2.43. The lowest BCUT2D eigenvalue weighted by Crippen LogP contribution is -2.47. The number of piperidine rings is 1. The molecule has 5 rings (SSSR count). The van der Waals surface area contributed by atoms with Gasteiger partial charge in [0.25, 0.3) is 5.91 Å². The highest BCUT2D eigenvalue weighted by molar-refractivity contribution is 6.33. The lowest BCUT2D eigenvalue weighted by Gasteiger charge is -2.35. The third-order valence-electron chi connectivity index (χ3n) is 6.22. The number of carbonyl (C=O) groups excluding carboxylic acids is 2. The van der Waals surface area contributed by atoms with E-state index in [4.69, 9.17) is 16.3 Å². The van der Waals surface area contributed by atoms with Crippen molar-refractivity contribution >= 4 is 29.2 Å². The zero-order valence-corrected chi connectivity index (χ0v) is 17.2. The van der Waals surface area contributed by atoms with Crippen molar-refractivity contribution in [3.63, 3.8) is 0 Å². The molecule has 0 unspecified atom stereocenters. The van der Waals surface area contributed by atoms with Gasteiger partial charge >= 0.3 is 12.3 Å². The molecule has 0 N–H and O–H groups in total. The van der Waals surface area contributed by atoms with Gasteiger partial charge in [-0.15, -0.1) is 0 Å². The van der Waals surface area contributed by atoms with E-state index >= 15 is 0 Å². The van der Waals surface area contributed by atoms with Gasteiger partial charge in [-0.05, 0) is 43.2 Å². The number of cyclic esters (lactones) is 1. The fourth-order valence-corrected chi connectivity index (χ4v) is 4.64. The number of amides is 2. The van der Waals surface area contributed by atoms with E-state index < -0.39 is 17.6 Å². The number of alkyl halides is 3. The van der Waals surface area contributed by atoms with Crippen molar-refractivity contribution in [2.75, 3.05) is 26.2 Å². The Kier molecular flexibility index (Phi) is 4.80. The van der Waals surface area contributed by atoms with E-state index in [2.05, 4.69) is 4.98 Å². The molecule has 7 nitrogen and oxygen atoms in total. The van der Waals surface area contributed by atoms with Gasteiger partial charge in [-0.1, -0.05) is 11.6 Å². The molecule has 2 aromatic rings. The summed E-state index contributed by atoms with van der Waals surface area (Å²) in [5.41, 5.74) is -0.875. The van der Waals surface area contributed by atoms with Crippen molar-refractivity contribution in [2.24, 2.45) is 0 Å². The van der Waals surface area contributed by atoms with Crippen LogP contribution in [0.25, 0.3) is 5.65 Å². The molecule has 0 bridgehead atoms. The van der Waals surface area contributed by atoms with E-state index in [9.17, 15) is 22.8 Å². The fourth-order valence-electron chi connectivity index (χ4n) is 4.39. The zero-order chi connectivity index (χ0) is 21.9. The Balaban J connectivity index is 1.42. The number of ether oxygens (including phenoxy) is 1. The van der Waals surface area contributed by atoms with Gasteiger partial charge in [0.05, 0.1) is 12.1 Å². The number of fused-ring (bicyclic) bond motifs is 1. The van der Waals surface area contributed by atoms with Crippen LogP contribution in [0.15, 0.2) is 12.3 Å². The number of pyridine rings is 1. The van der Waals surface area contributed by atoms with E-state index in [1.807, 2.05) is 0 Å². The highest BCUT2D eigenvalue weighted by Gasteiger charge is 2.39. The first-order chi connectivity index (χ1) is 14.7. The van der Waals surface area contributed by atoms with E-state index in [0.29, 0.717) is 44.6 Å². The molecule has 4 heterocycles. The van der Waals surface area contributed by atoms with E-state index in [1.165, 1.54) is 9.30 Å². The molecule has 0 radical (unpaired) electrons. The molecule has 2 saturated heterocycles. The molecular formula is C20H20ClF3N4O3. The monoisotopic (exact) mass is 456 g/mol. The van der Waals surface area contributed by atoms with Crippen molar-refractivity contribution in [1.29, 1.82) is 0 Å². The lowest BCUT2D eigenvalue weighted by molar-refractivity contribution is -0.136. The average molecular weight is 457 g/mol. The second-order valence-electron chi connectivity index (χ2n) is 8.24. The van der Waals surface area contributed by atoms with Crippen molar-refractivity contribution in [1.82, 2.24) is 19.2 Å². The Morgan fingerprint density at radius 2 is 1.87 bits per heavy atom. The zero-order valence-electron chi connectivity index (χ0n) is 16.5. The summed E-state index contributed by atoms with van der Waals surface area (Å²) in [4.78, 5) is 32.0. The maximum Gasteiger partial charge on any atom is 0.419 e. The summed E-state index contributed by atoms with van der Waals surface area (Å²) in [5, 5.41) is -0.113. The molecule has 1 aliphatic carbocycles.